The molecule has 6 nitrogen and oxygen atoms in total. The molecule has 2 N–H and O–H groups in total. The maximum absolute atomic E-state index is 12.0. The number of nitro groups is 1. The van der Waals surface area contributed by atoms with Gasteiger partial charge >= 0.3 is 0 Å². The summed E-state index contributed by atoms with van der Waals surface area (Å²) in [6.45, 7) is 5.61. The molecule has 0 heterocycles. The molecule has 0 aromatic heterocycles. The molecule has 1 rings (SSSR count). The molecular weight excluding hydrogens is 260 g/mol. The molecule has 0 aliphatic rings. The van der Waals surface area contributed by atoms with Gasteiger partial charge in [-0.3, -0.25) is 14.9 Å². The Bertz CT molecular complexity index is 500. The number of aliphatic hydroxyl groups excluding tert-OH is 1. The predicted molar refractivity (Wildman–Crippen MR) is 75.6 cm³/mol. The second kappa shape index (κ2) is 7.00. The second-order valence-corrected chi connectivity index (χ2v) is 5.11. The van der Waals surface area contributed by atoms with Crippen molar-refractivity contribution in [3.63, 3.8) is 0 Å². The van der Waals surface area contributed by atoms with E-state index < -0.39 is 11.0 Å². The molecule has 0 spiro atoms. The molecule has 1 aromatic rings. The van der Waals surface area contributed by atoms with Gasteiger partial charge < -0.3 is 10.4 Å². The van der Waals surface area contributed by atoms with Gasteiger partial charge in [0.05, 0.1) is 11.0 Å². The van der Waals surface area contributed by atoms with E-state index >= 15 is 0 Å². The molecule has 2 unspecified atom stereocenters. The second-order valence-electron chi connectivity index (χ2n) is 5.11. The average Bonchev–Trinajstić information content (AvgIpc) is 2.35. The van der Waals surface area contributed by atoms with Gasteiger partial charge in [-0.1, -0.05) is 13.0 Å². The number of nitrogens with one attached hydrogen (secondary N) is 1. The third kappa shape index (κ3) is 4.31. The van der Waals surface area contributed by atoms with Crippen LogP contribution < -0.4 is 5.32 Å². The summed E-state index contributed by atoms with van der Waals surface area (Å²) in [6.07, 6.45) is 0.176. The maximum atomic E-state index is 12.0. The Balaban J connectivity index is 2.74. The van der Waals surface area contributed by atoms with Gasteiger partial charge in [-0.25, -0.2) is 0 Å². The number of benzene rings is 1. The number of hydrogen-bond donors (Lipinski definition) is 2. The van der Waals surface area contributed by atoms with Crippen molar-refractivity contribution < 1.29 is 14.8 Å². The Morgan fingerprint density at radius 2 is 2.10 bits per heavy atom. The number of hydrogen-bond acceptors (Lipinski definition) is 4. The van der Waals surface area contributed by atoms with Crippen LogP contribution in [0.15, 0.2) is 18.2 Å². The highest BCUT2D eigenvalue weighted by atomic mass is 16.6. The molecule has 0 saturated carbocycles. The lowest BCUT2D eigenvalue weighted by atomic mass is 10.0. The lowest BCUT2D eigenvalue weighted by Gasteiger charge is -2.14. The summed E-state index contributed by atoms with van der Waals surface area (Å²) in [5, 5.41) is 22.8. The Morgan fingerprint density at radius 1 is 1.45 bits per heavy atom. The molecule has 0 fully saturated rings. The Labute approximate surface area is 118 Å². The number of nitro benzene ring substituents is 1. The topological polar surface area (TPSA) is 92.5 Å². The van der Waals surface area contributed by atoms with Crippen molar-refractivity contribution >= 4 is 11.6 Å². The van der Waals surface area contributed by atoms with Crippen LogP contribution in [-0.4, -0.2) is 28.6 Å². The standard InChI is InChI=1S/C14H20N2O4/c1-9(7-10(2)17)8-15-14(18)12-5-4-6-13(11(12)3)16(19)20/h4-6,9-10,17H,7-8H2,1-3H3,(H,15,18). The molecule has 0 bridgehead atoms. The van der Waals surface area contributed by atoms with Gasteiger partial charge in [0.2, 0.25) is 0 Å². The number of amides is 1. The normalized spacial score (nSPS) is 13.6. The monoisotopic (exact) mass is 280 g/mol. The van der Waals surface area contributed by atoms with E-state index in [1.54, 1.807) is 19.9 Å². The van der Waals surface area contributed by atoms with Crippen LogP contribution in [0.4, 0.5) is 5.69 Å². The van der Waals surface area contributed by atoms with Crippen molar-refractivity contribution in [2.75, 3.05) is 6.54 Å². The van der Waals surface area contributed by atoms with Crippen molar-refractivity contribution in [3.05, 3.63) is 39.4 Å². The first-order chi connectivity index (χ1) is 9.32. The minimum atomic E-state index is -0.498. The first-order valence-electron chi connectivity index (χ1n) is 6.53. The Kier molecular flexibility index (Phi) is 5.64. The van der Waals surface area contributed by atoms with Crippen molar-refractivity contribution in [3.8, 4) is 0 Å². The molecule has 1 aromatic carbocycles. The van der Waals surface area contributed by atoms with Gasteiger partial charge in [0.1, 0.15) is 0 Å². The summed E-state index contributed by atoms with van der Waals surface area (Å²) in [5.41, 5.74) is 0.608. The zero-order chi connectivity index (χ0) is 15.3. The molecule has 110 valence electrons. The van der Waals surface area contributed by atoms with Crippen LogP contribution in [0.3, 0.4) is 0 Å². The summed E-state index contributed by atoms with van der Waals surface area (Å²) in [7, 11) is 0. The van der Waals surface area contributed by atoms with Gasteiger partial charge in [0, 0.05) is 23.7 Å². The van der Waals surface area contributed by atoms with Crippen LogP contribution in [-0.2, 0) is 0 Å². The molecule has 2 atom stereocenters. The van der Waals surface area contributed by atoms with Gasteiger partial charge in [0.15, 0.2) is 0 Å². The number of rotatable bonds is 6. The lowest BCUT2D eigenvalue weighted by Crippen LogP contribution is -2.30. The molecule has 0 aliphatic heterocycles. The van der Waals surface area contributed by atoms with Gasteiger partial charge in [-0.15, -0.1) is 0 Å². The SMILES string of the molecule is Cc1c(C(=O)NCC(C)CC(C)O)cccc1[N+](=O)[O-]. The summed E-state index contributed by atoms with van der Waals surface area (Å²) in [5.74, 6) is -0.193. The first kappa shape index (κ1) is 16.1. The highest BCUT2D eigenvalue weighted by Crippen LogP contribution is 2.21. The van der Waals surface area contributed by atoms with E-state index in [4.69, 9.17) is 0 Å². The molecule has 6 heteroatoms. The predicted octanol–water partition coefficient (Wildman–Crippen LogP) is 2.04. The number of aliphatic hydroxyl groups is 1. The van der Waals surface area contributed by atoms with Crippen molar-refractivity contribution in [1.82, 2.24) is 5.32 Å². The fourth-order valence-corrected chi connectivity index (χ4v) is 2.10. The zero-order valence-corrected chi connectivity index (χ0v) is 11.9. The van der Waals surface area contributed by atoms with E-state index in [0.29, 0.717) is 24.1 Å². The number of nitrogens with zero attached hydrogens (tertiary/aromatic N) is 1. The Morgan fingerprint density at radius 3 is 2.65 bits per heavy atom. The van der Waals surface area contributed by atoms with Crippen LogP contribution in [0.1, 0.15) is 36.2 Å². The molecule has 0 aliphatic carbocycles. The zero-order valence-electron chi connectivity index (χ0n) is 11.9. The highest BCUT2D eigenvalue weighted by Gasteiger charge is 2.18. The maximum Gasteiger partial charge on any atom is 0.273 e. The average molecular weight is 280 g/mol. The van der Waals surface area contributed by atoms with E-state index in [-0.39, 0.29) is 17.5 Å². The Hall–Kier alpha value is -1.95. The smallest absolute Gasteiger partial charge is 0.273 e. The van der Waals surface area contributed by atoms with Crippen LogP contribution in [0.2, 0.25) is 0 Å². The van der Waals surface area contributed by atoms with Gasteiger partial charge in [-0.2, -0.15) is 0 Å². The minimum absolute atomic E-state index is 0.0605. The summed E-state index contributed by atoms with van der Waals surface area (Å²) < 4.78 is 0. The lowest BCUT2D eigenvalue weighted by molar-refractivity contribution is -0.385. The number of carbonyl (C=O) groups is 1. The van der Waals surface area contributed by atoms with Crippen molar-refractivity contribution in [1.29, 1.82) is 0 Å². The van der Waals surface area contributed by atoms with E-state index in [1.165, 1.54) is 12.1 Å². The highest BCUT2D eigenvalue weighted by molar-refractivity contribution is 5.96. The van der Waals surface area contributed by atoms with E-state index in [1.807, 2.05) is 6.92 Å². The van der Waals surface area contributed by atoms with E-state index in [2.05, 4.69) is 5.32 Å². The quantitative estimate of drug-likeness (QED) is 0.616. The van der Waals surface area contributed by atoms with Gasteiger partial charge in [0.25, 0.3) is 11.6 Å². The summed E-state index contributed by atoms with van der Waals surface area (Å²) >= 11 is 0. The molecule has 20 heavy (non-hydrogen) atoms. The summed E-state index contributed by atoms with van der Waals surface area (Å²) in [4.78, 5) is 22.4. The molecular formula is C14H20N2O4. The number of carbonyl (C=O) groups excluding carboxylic acids is 1. The van der Waals surface area contributed by atoms with E-state index in [9.17, 15) is 20.0 Å². The first-order valence-corrected chi connectivity index (χ1v) is 6.53. The fraction of sp³-hybridized carbons (Fsp3) is 0.500. The van der Waals surface area contributed by atoms with E-state index in [0.717, 1.165) is 0 Å². The third-order valence-corrected chi connectivity index (χ3v) is 3.10. The fourth-order valence-electron chi connectivity index (χ4n) is 2.10. The third-order valence-electron chi connectivity index (χ3n) is 3.10. The van der Waals surface area contributed by atoms with Gasteiger partial charge in [-0.05, 0) is 32.3 Å². The summed E-state index contributed by atoms with van der Waals surface area (Å²) in [6, 6.07) is 4.44. The molecule has 0 radical (unpaired) electrons. The molecule has 0 saturated heterocycles. The molecule has 1 amide bonds. The van der Waals surface area contributed by atoms with Crippen LogP contribution in [0.5, 0.6) is 0 Å². The van der Waals surface area contributed by atoms with Crippen LogP contribution >= 0.6 is 0 Å². The van der Waals surface area contributed by atoms with Crippen molar-refractivity contribution in [2.24, 2.45) is 5.92 Å². The van der Waals surface area contributed by atoms with Crippen molar-refractivity contribution in [2.45, 2.75) is 33.3 Å². The largest absolute Gasteiger partial charge is 0.393 e. The van der Waals surface area contributed by atoms with Crippen LogP contribution in [0, 0.1) is 23.0 Å². The minimum Gasteiger partial charge on any atom is -0.393 e. The van der Waals surface area contributed by atoms with Crippen LogP contribution in [0.25, 0.3) is 0 Å².